The summed E-state index contributed by atoms with van der Waals surface area (Å²) < 4.78 is 21.9. The topological polar surface area (TPSA) is 77.7 Å². The van der Waals surface area contributed by atoms with Gasteiger partial charge in [0.25, 0.3) is 0 Å². The first-order chi connectivity index (χ1) is 10.8. The van der Waals surface area contributed by atoms with Crippen molar-refractivity contribution in [1.82, 2.24) is 0 Å². The fraction of sp³-hybridized carbons (Fsp3) is 0.882. The number of hydrogen-bond acceptors (Lipinski definition) is 6. The van der Waals surface area contributed by atoms with Gasteiger partial charge in [-0.15, -0.1) is 0 Å². The van der Waals surface area contributed by atoms with Crippen LogP contribution in [0, 0.1) is 11.8 Å². The Kier molecular flexibility index (Phi) is 3.30. The summed E-state index contributed by atoms with van der Waals surface area (Å²) in [7, 11) is 1.36. The van der Waals surface area contributed by atoms with E-state index in [2.05, 4.69) is 6.92 Å². The number of epoxide rings is 2. The second-order valence-corrected chi connectivity index (χ2v) is 7.85. The van der Waals surface area contributed by atoms with Gasteiger partial charge in [-0.1, -0.05) is 0 Å². The summed E-state index contributed by atoms with van der Waals surface area (Å²) in [5.74, 6) is -1.56. The molecule has 0 bridgehead atoms. The van der Waals surface area contributed by atoms with E-state index in [9.17, 15) is 9.59 Å². The Morgan fingerprint density at radius 2 is 1.70 bits per heavy atom. The zero-order valence-corrected chi connectivity index (χ0v) is 13.9. The Bertz CT molecular complexity index is 547. The molecule has 0 spiro atoms. The first-order valence-corrected chi connectivity index (χ1v) is 8.48. The molecule has 6 heteroatoms. The van der Waals surface area contributed by atoms with Crippen molar-refractivity contribution in [2.45, 2.75) is 75.5 Å². The lowest BCUT2D eigenvalue weighted by Crippen LogP contribution is -2.41. The van der Waals surface area contributed by atoms with E-state index in [1.165, 1.54) is 7.11 Å². The lowest BCUT2D eigenvalue weighted by molar-refractivity contribution is -0.165. The standard InChI is InChI=1S/C17H24O6/c1-16-5-4-9(6-12(16)22-16)21-15(19)10-7-13-17(2,23-13)8-11(10)14(18)20-3/h9-13H,4-8H2,1-3H3. The molecule has 0 aromatic carbocycles. The largest absolute Gasteiger partial charge is 0.469 e. The summed E-state index contributed by atoms with van der Waals surface area (Å²) in [4.78, 5) is 24.7. The van der Waals surface area contributed by atoms with E-state index in [4.69, 9.17) is 18.9 Å². The lowest BCUT2D eigenvalue weighted by atomic mass is 9.74. The van der Waals surface area contributed by atoms with Gasteiger partial charge < -0.3 is 18.9 Å². The monoisotopic (exact) mass is 324 g/mol. The van der Waals surface area contributed by atoms with E-state index in [1.807, 2.05) is 6.92 Å². The van der Waals surface area contributed by atoms with Crippen LogP contribution in [0.25, 0.3) is 0 Å². The Balaban J connectivity index is 1.41. The summed E-state index contributed by atoms with van der Waals surface area (Å²) in [5.41, 5.74) is -0.268. The number of hydrogen-bond donors (Lipinski definition) is 0. The second kappa shape index (κ2) is 4.93. The minimum Gasteiger partial charge on any atom is -0.469 e. The number of methoxy groups -OCH3 is 1. The molecule has 0 amide bonds. The molecule has 0 aromatic rings. The molecule has 2 saturated heterocycles. The molecule has 2 aliphatic carbocycles. The molecule has 6 nitrogen and oxygen atoms in total. The van der Waals surface area contributed by atoms with E-state index >= 15 is 0 Å². The summed E-state index contributed by atoms with van der Waals surface area (Å²) in [6, 6.07) is 0. The van der Waals surface area contributed by atoms with Crippen molar-refractivity contribution in [3.63, 3.8) is 0 Å². The van der Waals surface area contributed by atoms with Gasteiger partial charge in [0.15, 0.2) is 0 Å². The van der Waals surface area contributed by atoms with E-state index in [-0.39, 0.29) is 41.5 Å². The van der Waals surface area contributed by atoms with Crippen molar-refractivity contribution in [2.24, 2.45) is 11.8 Å². The maximum Gasteiger partial charge on any atom is 0.310 e. The Morgan fingerprint density at radius 1 is 1.00 bits per heavy atom. The van der Waals surface area contributed by atoms with Crippen LogP contribution in [0.5, 0.6) is 0 Å². The molecule has 0 radical (unpaired) electrons. The van der Waals surface area contributed by atoms with Gasteiger partial charge in [0.1, 0.15) is 6.10 Å². The summed E-state index contributed by atoms with van der Waals surface area (Å²) in [6.45, 7) is 4.09. The predicted octanol–water partition coefficient (Wildman–Crippen LogP) is 1.60. The molecule has 128 valence electrons. The van der Waals surface area contributed by atoms with E-state index in [1.54, 1.807) is 0 Å². The number of fused-ring (bicyclic) bond motifs is 2. The van der Waals surface area contributed by atoms with Gasteiger partial charge in [-0.05, 0) is 39.5 Å². The highest BCUT2D eigenvalue weighted by molar-refractivity contribution is 5.83. The van der Waals surface area contributed by atoms with Crippen LogP contribution in [0.3, 0.4) is 0 Å². The zero-order valence-electron chi connectivity index (χ0n) is 13.9. The number of ether oxygens (including phenoxy) is 4. The molecule has 4 rings (SSSR count). The highest BCUT2D eigenvalue weighted by atomic mass is 16.6. The molecule has 0 N–H and O–H groups in total. The van der Waals surface area contributed by atoms with Crippen LogP contribution in [0.1, 0.15) is 46.0 Å². The van der Waals surface area contributed by atoms with Crippen molar-refractivity contribution in [3.05, 3.63) is 0 Å². The van der Waals surface area contributed by atoms with Crippen molar-refractivity contribution in [2.75, 3.05) is 7.11 Å². The van der Waals surface area contributed by atoms with Gasteiger partial charge >= 0.3 is 11.9 Å². The Hall–Kier alpha value is -1.14. The van der Waals surface area contributed by atoms with Gasteiger partial charge in [-0.2, -0.15) is 0 Å². The van der Waals surface area contributed by atoms with Gasteiger partial charge in [0, 0.05) is 6.42 Å². The summed E-state index contributed by atoms with van der Waals surface area (Å²) in [5, 5.41) is 0. The quantitative estimate of drug-likeness (QED) is 0.579. The van der Waals surface area contributed by atoms with Gasteiger partial charge in [0.05, 0.1) is 42.4 Å². The van der Waals surface area contributed by atoms with Crippen LogP contribution in [0.4, 0.5) is 0 Å². The fourth-order valence-corrected chi connectivity index (χ4v) is 4.37. The van der Waals surface area contributed by atoms with Crippen molar-refractivity contribution in [1.29, 1.82) is 0 Å². The van der Waals surface area contributed by atoms with Crippen LogP contribution in [-0.2, 0) is 28.5 Å². The molecule has 7 unspecified atom stereocenters. The minimum absolute atomic E-state index is 0.00592. The first kappa shape index (κ1) is 15.4. The normalized spacial score (nSPS) is 50.3. The Morgan fingerprint density at radius 3 is 2.39 bits per heavy atom. The zero-order chi connectivity index (χ0) is 16.4. The van der Waals surface area contributed by atoms with Gasteiger partial charge in [0.2, 0.25) is 0 Å². The SMILES string of the molecule is COC(=O)C1CC2(C)OC2CC1C(=O)OC1CCC2(C)OC2C1. The third-order valence-corrected chi connectivity index (χ3v) is 6.18. The molecule has 2 saturated carbocycles. The average Bonchev–Trinajstić information content (AvgIpc) is 3.37. The van der Waals surface area contributed by atoms with Crippen molar-refractivity contribution < 1.29 is 28.5 Å². The van der Waals surface area contributed by atoms with Gasteiger partial charge in [-0.3, -0.25) is 9.59 Å². The van der Waals surface area contributed by atoms with E-state index in [0.717, 1.165) is 19.3 Å². The van der Waals surface area contributed by atoms with Crippen LogP contribution in [-0.4, -0.2) is 48.6 Å². The third-order valence-electron chi connectivity index (χ3n) is 6.18. The number of rotatable bonds is 3. The number of esters is 2. The molecule has 2 heterocycles. The smallest absolute Gasteiger partial charge is 0.310 e. The first-order valence-electron chi connectivity index (χ1n) is 8.48. The number of carbonyl (C=O) groups is 2. The fourth-order valence-electron chi connectivity index (χ4n) is 4.37. The molecule has 4 fully saturated rings. The molecule has 0 aromatic heterocycles. The van der Waals surface area contributed by atoms with Gasteiger partial charge in [-0.25, -0.2) is 0 Å². The molecule has 2 aliphatic heterocycles. The van der Waals surface area contributed by atoms with Crippen molar-refractivity contribution >= 4 is 11.9 Å². The van der Waals surface area contributed by atoms with E-state index in [0.29, 0.717) is 12.8 Å². The summed E-state index contributed by atoms with van der Waals surface area (Å²) >= 11 is 0. The van der Waals surface area contributed by atoms with E-state index < -0.39 is 11.8 Å². The maximum atomic E-state index is 12.6. The molecular formula is C17H24O6. The minimum atomic E-state index is -0.470. The number of carbonyl (C=O) groups excluding carboxylic acids is 2. The maximum absolute atomic E-state index is 12.6. The van der Waals surface area contributed by atoms with Crippen LogP contribution < -0.4 is 0 Å². The summed E-state index contributed by atoms with van der Waals surface area (Å²) in [6.07, 6.45) is 3.74. The highest BCUT2D eigenvalue weighted by Gasteiger charge is 2.62. The molecule has 7 atom stereocenters. The molecular weight excluding hydrogens is 300 g/mol. The molecule has 23 heavy (non-hydrogen) atoms. The third kappa shape index (κ3) is 2.56. The predicted molar refractivity (Wildman–Crippen MR) is 78.5 cm³/mol. The van der Waals surface area contributed by atoms with Crippen LogP contribution >= 0.6 is 0 Å². The van der Waals surface area contributed by atoms with Crippen LogP contribution in [0.2, 0.25) is 0 Å². The van der Waals surface area contributed by atoms with Crippen LogP contribution in [0.15, 0.2) is 0 Å². The lowest BCUT2D eigenvalue weighted by Gasteiger charge is -2.31. The highest BCUT2D eigenvalue weighted by Crippen LogP contribution is 2.53. The Labute approximate surface area is 135 Å². The molecule has 4 aliphatic rings. The van der Waals surface area contributed by atoms with Crippen molar-refractivity contribution in [3.8, 4) is 0 Å². The second-order valence-electron chi connectivity index (χ2n) is 7.85. The average molecular weight is 324 g/mol.